The van der Waals surface area contributed by atoms with Gasteiger partial charge in [-0.25, -0.2) is 13.1 Å². The van der Waals surface area contributed by atoms with Crippen LogP contribution in [0.3, 0.4) is 0 Å². The van der Waals surface area contributed by atoms with E-state index < -0.39 is 10.0 Å². The molecule has 3 N–H and O–H groups in total. The first kappa shape index (κ1) is 15.5. The lowest BCUT2D eigenvalue weighted by molar-refractivity contribution is 0.303. The molecule has 1 fully saturated rings. The van der Waals surface area contributed by atoms with E-state index in [1.807, 2.05) is 6.92 Å². The summed E-state index contributed by atoms with van der Waals surface area (Å²) in [6.07, 6.45) is 7.43. The van der Waals surface area contributed by atoms with Crippen molar-refractivity contribution in [3.05, 3.63) is 11.8 Å². The van der Waals surface area contributed by atoms with E-state index in [0.717, 1.165) is 12.8 Å². The smallest absolute Gasteiger partial charge is 0.258 e. The molecule has 1 aliphatic rings. The summed E-state index contributed by atoms with van der Waals surface area (Å²) in [5.41, 5.74) is 0.663. The molecule has 1 heterocycles. The third-order valence-corrected chi connectivity index (χ3v) is 5.59. The molecule has 0 bridgehead atoms. The molecule has 7 heteroatoms. The van der Waals surface area contributed by atoms with Crippen molar-refractivity contribution in [3.63, 3.8) is 0 Å². The number of aromatic nitrogens is 2. The van der Waals surface area contributed by atoms with E-state index in [9.17, 15) is 8.42 Å². The summed E-state index contributed by atoms with van der Waals surface area (Å²) in [6, 6.07) is -0.0361. The predicted octanol–water partition coefficient (Wildman–Crippen LogP) is 1.38. The molecule has 0 amide bonds. The molecule has 6 nitrogen and oxygen atoms in total. The van der Waals surface area contributed by atoms with Crippen molar-refractivity contribution in [2.45, 2.75) is 56.6 Å². The van der Waals surface area contributed by atoms with Gasteiger partial charge in [0.05, 0.1) is 6.20 Å². The van der Waals surface area contributed by atoms with Crippen molar-refractivity contribution < 1.29 is 8.42 Å². The lowest BCUT2D eigenvalue weighted by atomic mass is 9.85. The summed E-state index contributed by atoms with van der Waals surface area (Å²) in [5.74, 6) is 0.439. The maximum absolute atomic E-state index is 12.4. The Hall–Kier alpha value is -0.920. The maximum atomic E-state index is 12.4. The summed E-state index contributed by atoms with van der Waals surface area (Å²) < 4.78 is 27.7. The zero-order chi connectivity index (χ0) is 14.6. The zero-order valence-corrected chi connectivity index (χ0v) is 13.0. The van der Waals surface area contributed by atoms with Gasteiger partial charge in [-0.1, -0.05) is 19.3 Å². The van der Waals surface area contributed by atoms with Gasteiger partial charge in [-0.05, 0) is 32.7 Å². The monoisotopic (exact) mass is 300 g/mol. The van der Waals surface area contributed by atoms with Gasteiger partial charge < -0.3 is 5.32 Å². The van der Waals surface area contributed by atoms with Crippen LogP contribution in [0.15, 0.2) is 11.2 Å². The molecule has 1 unspecified atom stereocenters. The highest BCUT2D eigenvalue weighted by atomic mass is 32.2. The van der Waals surface area contributed by atoms with Crippen LogP contribution in [0.1, 0.15) is 44.6 Å². The van der Waals surface area contributed by atoms with Crippen LogP contribution in [0, 0.1) is 5.92 Å². The normalized spacial score (nSPS) is 19.1. The average Bonchev–Trinajstić information content (AvgIpc) is 2.89. The number of sulfonamides is 1. The van der Waals surface area contributed by atoms with Gasteiger partial charge in [0.1, 0.15) is 0 Å². The van der Waals surface area contributed by atoms with Crippen LogP contribution < -0.4 is 10.0 Å². The molecule has 20 heavy (non-hydrogen) atoms. The van der Waals surface area contributed by atoms with Crippen LogP contribution in [-0.2, 0) is 16.6 Å². The number of aromatic amines is 1. The van der Waals surface area contributed by atoms with Gasteiger partial charge in [-0.2, -0.15) is 5.10 Å². The molecule has 2 rings (SSSR count). The van der Waals surface area contributed by atoms with Crippen LogP contribution in [0.4, 0.5) is 0 Å². The van der Waals surface area contributed by atoms with E-state index in [-0.39, 0.29) is 11.1 Å². The van der Waals surface area contributed by atoms with Gasteiger partial charge >= 0.3 is 0 Å². The number of rotatable bonds is 6. The van der Waals surface area contributed by atoms with E-state index in [2.05, 4.69) is 20.2 Å². The Balaban J connectivity index is 2.07. The van der Waals surface area contributed by atoms with E-state index >= 15 is 0 Å². The summed E-state index contributed by atoms with van der Waals surface area (Å²) in [5, 5.41) is 9.56. The second-order valence-electron chi connectivity index (χ2n) is 5.56. The van der Waals surface area contributed by atoms with Gasteiger partial charge in [0.2, 0.25) is 0 Å². The Morgan fingerprint density at radius 2 is 2.10 bits per heavy atom. The van der Waals surface area contributed by atoms with Gasteiger partial charge in [0.15, 0.2) is 5.03 Å². The summed E-state index contributed by atoms with van der Waals surface area (Å²) in [6.45, 7) is 2.44. The molecular formula is C13H24N4O2S. The fraction of sp³-hybridized carbons (Fsp3) is 0.769. The van der Waals surface area contributed by atoms with Gasteiger partial charge in [0.25, 0.3) is 10.0 Å². The quantitative estimate of drug-likeness (QED) is 0.740. The lowest BCUT2D eigenvalue weighted by Gasteiger charge is -2.27. The summed E-state index contributed by atoms with van der Waals surface area (Å²) in [4.78, 5) is 0. The summed E-state index contributed by atoms with van der Waals surface area (Å²) >= 11 is 0. The molecule has 0 aromatic carbocycles. The molecule has 1 aromatic rings. The third kappa shape index (κ3) is 3.59. The molecular weight excluding hydrogens is 276 g/mol. The Kier molecular flexibility index (Phi) is 5.17. The standard InChI is InChI=1S/C13H24N4O2S/c1-10(11-6-4-3-5-7-11)17-20(18,19)13-12(8-14-2)9-15-16-13/h9-11,14,17H,3-8H2,1-2H3,(H,15,16). The fourth-order valence-electron chi connectivity index (χ4n) is 2.88. The van der Waals surface area contributed by atoms with E-state index in [1.54, 1.807) is 13.2 Å². The molecule has 0 aliphatic heterocycles. The first-order valence-corrected chi connectivity index (χ1v) is 8.72. The molecule has 1 saturated carbocycles. The Bertz CT molecular complexity index is 520. The Morgan fingerprint density at radius 3 is 2.75 bits per heavy atom. The van der Waals surface area contributed by atoms with Crippen molar-refractivity contribution in [2.24, 2.45) is 5.92 Å². The number of hydrogen-bond acceptors (Lipinski definition) is 4. The third-order valence-electron chi connectivity index (χ3n) is 4.01. The van der Waals surface area contributed by atoms with Crippen LogP contribution in [0.5, 0.6) is 0 Å². The Labute approximate surface area is 120 Å². The maximum Gasteiger partial charge on any atom is 0.258 e. The largest absolute Gasteiger partial charge is 0.316 e. The number of nitrogens with zero attached hydrogens (tertiary/aromatic N) is 1. The molecule has 0 saturated heterocycles. The highest BCUT2D eigenvalue weighted by molar-refractivity contribution is 7.89. The van der Waals surface area contributed by atoms with E-state index in [4.69, 9.17) is 0 Å². The first-order valence-electron chi connectivity index (χ1n) is 7.24. The average molecular weight is 300 g/mol. The summed E-state index contributed by atoms with van der Waals surface area (Å²) in [7, 11) is -1.75. The van der Waals surface area contributed by atoms with Crippen molar-refractivity contribution in [2.75, 3.05) is 7.05 Å². The van der Waals surface area contributed by atoms with Gasteiger partial charge in [-0.3, -0.25) is 5.10 Å². The minimum absolute atomic E-state index is 0.0361. The first-order chi connectivity index (χ1) is 9.54. The Morgan fingerprint density at radius 1 is 1.40 bits per heavy atom. The van der Waals surface area contributed by atoms with Crippen LogP contribution >= 0.6 is 0 Å². The molecule has 114 valence electrons. The second kappa shape index (κ2) is 6.69. The minimum Gasteiger partial charge on any atom is -0.316 e. The number of H-pyrrole nitrogens is 1. The lowest BCUT2D eigenvalue weighted by Crippen LogP contribution is -2.39. The van der Waals surface area contributed by atoms with Gasteiger partial charge in [-0.15, -0.1) is 0 Å². The topological polar surface area (TPSA) is 86.9 Å². The van der Waals surface area contributed by atoms with Crippen molar-refractivity contribution in [1.82, 2.24) is 20.2 Å². The number of nitrogens with one attached hydrogen (secondary N) is 3. The van der Waals surface area contributed by atoms with E-state index in [0.29, 0.717) is 18.0 Å². The molecule has 1 atom stereocenters. The predicted molar refractivity (Wildman–Crippen MR) is 77.7 cm³/mol. The van der Waals surface area contributed by atoms with Crippen LogP contribution in [-0.4, -0.2) is 31.7 Å². The zero-order valence-electron chi connectivity index (χ0n) is 12.1. The molecule has 0 spiro atoms. The molecule has 1 aromatic heterocycles. The SMILES string of the molecule is CNCc1cn[nH]c1S(=O)(=O)NC(C)C1CCCCC1. The van der Waals surface area contributed by atoms with Gasteiger partial charge in [0, 0.05) is 18.2 Å². The van der Waals surface area contributed by atoms with Crippen LogP contribution in [0.25, 0.3) is 0 Å². The van der Waals surface area contributed by atoms with Crippen molar-refractivity contribution in [1.29, 1.82) is 0 Å². The van der Waals surface area contributed by atoms with Crippen LogP contribution in [0.2, 0.25) is 0 Å². The van der Waals surface area contributed by atoms with Crippen molar-refractivity contribution in [3.8, 4) is 0 Å². The minimum atomic E-state index is -3.53. The van der Waals surface area contributed by atoms with E-state index in [1.165, 1.54) is 19.3 Å². The molecule has 0 radical (unpaired) electrons. The highest BCUT2D eigenvalue weighted by Gasteiger charge is 2.27. The fourth-order valence-corrected chi connectivity index (χ4v) is 4.33. The number of hydrogen-bond donors (Lipinski definition) is 3. The second-order valence-corrected chi connectivity index (χ2v) is 7.21. The highest BCUT2D eigenvalue weighted by Crippen LogP contribution is 2.27. The molecule has 1 aliphatic carbocycles. The van der Waals surface area contributed by atoms with Crippen molar-refractivity contribution >= 4 is 10.0 Å².